The molecular weight excluding hydrogens is 271 g/mol. The highest BCUT2D eigenvalue weighted by atomic mass is 19.4. The highest BCUT2D eigenvalue weighted by Gasteiger charge is 2.39. The molecule has 20 heavy (non-hydrogen) atoms. The lowest BCUT2D eigenvalue weighted by molar-refractivity contribution is -0.189. The molecule has 1 heterocycles. The molecule has 1 aliphatic heterocycles. The van der Waals surface area contributed by atoms with Crippen LogP contribution in [-0.2, 0) is 4.74 Å². The molecule has 1 saturated heterocycles. The van der Waals surface area contributed by atoms with Crippen LogP contribution in [0.4, 0.5) is 18.9 Å². The van der Waals surface area contributed by atoms with Gasteiger partial charge in [0.15, 0.2) is 6.10 Å². The number of anilines is 1. The number of rotatable bonds is 3. The van der Waals surface area contributed by atoms with E-state index < -0.39 is 12.3 Å². The minimum Gasteiger partial charge on any atom is -0.479 e. The number of hydrogen-bond acceptors (Lipinski definition) is 3. The molecule has 112 valence electrons. The Kier molecular flexibility index (Phi) is 4.42. The van der Waals surface area contributed by atoms with Crippen LogP contribution in [0.15, 0.2) is 18.2 Å². The Balaban J connectivity index is 2.26. The smallest absolute Gasteiger partial charge is 0.425 e. The third-order valence-corrected chi connectivity index (χ3v) is 3.49. The van der Waals surface area contributed by atoms with E-state index in [4.69, 9.17) is 15.2 Å². The molecule has 3 nitrogen and oxygen atoms in total. The van der Waals surface area contributed by atoms with Gasteiger partial charge in [0.2, 0.25) is 0 Å². The van der Waals surface area contributed by atoms with Crippen LogP contribution in [0, 0.1) is 0 Å². The van der Waals surface area contributed by atoms with Crippen molar-refractivity contribution >= 4 is 5.69 Å². The Morgan fingerprint density at radius 2 is 1.95 bits per heavy atom. The Morgan fingerprint density at radius 3 is 2.55 bits per heavy atom. The topological polar surface area (TPSA) is 44.5 Å². The zero-order chi connectivity index (χ0) is 14.8. The van der Waals surface area contributed by atoms with Crippen LogP contribution in [0.2, 0.25) is 0 Å². The fourth-order valence-electron chi connectivity index (χ4n) is 2.28. The third-order valence-electron chi connectivity index (χ3n) is 3.49. The Hall–Kier alpha value is -1.43. The molecule has 1 aliphatic rings. The summed E-state index contributed by atoms with van der Waals surface area (Å²) in [6.45, 7) is 2.20. The average Bonchev–Trinajstić information content (AvgIpc) is 2.41. The van der Waals surface area contributed by atoms with E-state index in [2.05, 4.69) is 0 Å². The van der Waals surface area contributed by atoms with Gasteiger partial charge in [0, 0.05) is 13.2 Å². The van der Waals surface area contributed by atoms with Crippen LogP contribution in [0.5, 0.6) is 5.75 Å². The van der Waals surface area contributed by atoms with Gasteiger partial charge in [-0.1, -0.05) is 12.1 Å². The van der Waals surface area contributed by atoms with E-state index in [0.29, 0.717) is 13.2 Å². The first-order chi connectivity index (χ1) is 9.39. The van der Waals surface area contributed by atoms with Crippen molar-refractivity contribution in [2.24, 2.45) is 0 Å². The van der Waals surface area contributed by atoms with E-state index in [0.717, 1.165) is 25.3 Å². The van der Waals surface area contributed by atoms with Crippen molar-refractivity contribution in [1.82, 2.24) is 0 Å². The van der Waals surface area contributed by atoms with Crippen LogP contribution in [0.25, 0.3) is 0 Å². The predicted molar refractivity (Wildman–Crippen MR) is 69.8 cm³/mol. The van der Waals surface area contributed by atoms with Crippen molar-refractivity contribution in [3.63, 3.8) is 0 Å². The van der Waals surface area contributed by atoms with E-state index in [1.54, 1.807) is 18.2 Å². The van der Waals surface area contributed by atoms with Gasteiger partial charge in [-0.2, -0.15) is 13.2 Å². The van der Waals surface area contributed by atoms with Crippen LogP contribution >= 0.6 is 0 Å². The fraction of sp³-hybridized carbons (Fsp3) is 0.571. The number of alkyl halides is 3. The van der Waals surface area contributed by atoms with Gasteiger partial charge in [0.05, 0.1) is 5.69 Å². The van der Waals surface area contributed by atoms with Gasteiger partial charge in [0.1, 0.15) is 5.75 Å². The number of benzene rings is 1. The molecule has 1 aromatic carbocycles. The SMILES string of the molecule is C[C@H](Oc1c(N)cccc1C1CCOCC1)C(F)(F)F. The Labute approximate surface area is 115 Å². The maximum Gasteiger partial charge on any atom is 0.425 e. The van der Waals surface area contributed by atoms with Crippen molar-refractivity contribution in [3.8, 4) is 5.75 Å². The number of halogens is 3. The molecule has 0 amide bonds. The van der Waals surface area contributed by atoms with Gasteiger partial charge in [-0.05, 0) is 37.3 Å². The van der Waals surface area contributed by atoms with Crippen LogP contribution in [0.1, 0.15) is 31.2 Å². The van der Waals surface area contributed by atoms with Crippen molar-refractivity contribution in [1.29, 1.82) is 0 Å². The molecule has 1 atom stereocenters. The van der Waals surface area contributed by atoms with E-state index in [1.807, 2.05) is 0 Å². The van der Waals surface area contributed by atoms with Crippen LogP contribution in [-0.4, -0.2) is 25.5 Å². The molecule has 2 rings (SSSR count). The molecule has 2 N–H and O–H groups in total. The standard InChI is InChI=1S/C14H18F3NO2/c1-9(14(15,16)17)20-13-11(3-2-4-12(13)18)10-5-7-19-8-6-10/h2-4,9-10H,5-8,18H2,1H3/t9-/m0/s1. The second kappa shape index (κ2) is 5.91. The quantitative estimate of drug-likeness (QED) is 0.866. The van der Waals surface area contributed by atoms with Gasteiger partial charge in [-0.3, -0.25) is 0 Å². The lowest BCUT2D eigenvalue weighted by atomic mass is 9.90. The molecule has 1 fully saturated rings. The maximum absolute atomic E-state index is 12.7. The van der Waals surface area contributed by atoms with Crippen LogP contribution < -0.4 is 10.5 Å². The molecule has 0 aromatic heterocycles. The second-order valence-corrected chi connectivity index (χ2v) is 4.95. The highest BCUT2D eigenvalue weighted by Crippen LogP contribution is 2.39. The first-order valence-corrected chi connectivity index (χ1v) is 6.59. The first-order valence-electron chi connectivity index (χ1n) is 6.59. The largest absolute Gasteiger partial charge is 0.479 e. The summed E-state index contributed by atoms with van der Waals surface area (Å²) in [5.41, 5.74) is 6.78. The van der Waals surface area contributed by atoms with E-state index in [9.17, 15) is 13.2 Å². The van der Waals surface area contributed by atoms with E-state index in [1.165, 1.54) is 0 Å². The normalized spacial score (nSPS) is 18.8. The zero-order valence-corrected chi connectivity index (χ0v) is 11.2. The molecule has 0 saturated carbocycles. The van der Waals surface area contributed by atoms with Crippen molar-refractivity contribution < 1.29 is 22.6 Å². The number of para-hydroxylation sites is 1. The summed E-state index contributed by atoms with van der Waals surface area (Å²) >= 11 is 0. The van der Waals surface area contributed by atoms with Gasteiger partial charge in [-0.15, -0.1) is 0 Å². The number of hydrogen-bond donors (Lipinski definition) is 1. The molecule has 0 aliphatic carbocycles. The Morgan fingerprint density at radius 1 is 1.30 bits per heavy atom. The fourth-order valence-corrected chi connectivity index (χ4v) is 2.28. The summed E-state index contributed by atoms with van der Waals surface area (Å²) in [6, 6.07) is 5.08. The summed E-state index contributed by atoms with van der Waals surface area (Å²) < 4.78 is 48.3. The summed E-state index contributed by atoms with van der Waals surface area (Å²) in [5.74, 6) is 0.284. The summed E-state index contributed by atoms with van der Waals surface area (Å²) in [5, 5.41) is 0. The Bertz CT molecular complexity index is 456. The summed E-state index contributed by atoms with van der Waals surface area (Å²) in [4.78, 5) is 0. The molecule has 0 bridgehead atoms. The van der Waals surface area contributed by atoms with Gasteiger partial charge in [-0.25, -0.2) is 0 Å². The van der Waals surface area contributed by atoms with Gasteiger partial charge >= 0.3 is 6.18 Å². The predicted octanol–water partition coefficient (Wildman–Crippen LogP) is 3.49. The molecule has 0 radical (unpaired) electrons. The third kappa shape index (κ3) is 3.36. The molecule has 0 spiro atoms. The van der Waals surface area contributed by atoms with Gasteiger partial charge in [0.25, 0.3) is 0 Å². The monoisotopic (exact) mass is 289 g/mol. The highest BCUT2D eigenvalue weighted by molar-refractivity contribution is 5.58. The second-order valence-electron chi connectivity index (χ2n) is 4.95. The van der Waals surface area contributed by atoms with Crippen molar-refractivity contribution in [2.75, 3.05) is 18.9 Å². The van der Waals surface area contributed by atoms with Gasteiger partial charge < -0.3 is 15.2 Å². The van der Waals surface area contributed by atoms with Crippen molar-refractivity contribution in [3.05, 3.63) is 23.8 Å². The lowest BCUT2D eigenvalue weighted by Gasteiger charge is -2.27. The average molecular weight is 289 g/mol. The molecule has 6 heteroatoms. The van der Waals surface area contributed by atoms with E-state index >= 15 is 0 Å². The number of nitrogens with two attached hydrogens (primary N) is 1. The first kappa shape index (κ1) is 15.0. The molecule has 1 aromatic rings. The molecule has 0 unspecified atom stereocenters. The number of nitrogen functional groups attached to an aromatic ring is 1. The van der Waals surface area contributed by atoms with Crippen LogP contribution in [0.3, 0.4) is 0 Å². The maximum atomic E-state index is 12.7. The summed E-state index contributed by atoms with van der Waals surface area (Å²) in [7, 11) is 0. The summed E-state index contributed by atoms with van der Waals surface area (Å²) in [6.07, 6.45) is -4.76. The minimum absolute atomic E-state index is 0.127. The molecular formula is C14H18F3NO2. The minimum atomic E-state index is -4.41. The zero-order valence-electron chi connectivity index (χ0n) is 11.2. The number of ether oxygens (including phenoxy) is 2. The van der Waals surface area contributed by atoms with E-state index in [-0.39, 0.29) is 17.4 Å². The lowest BCUT2D eigenvalue weighted by Crippen LogP contribution is -2.32. The van der Waals surface area contributed by atoms with Crippen molar-refractivity contribution in [2.45, 2.75) is 38.0 Å².